The first-order valence-corrected chi connectivity index (χ1v) is 7.23. The van der Waals surface area contributed by atoms with Gasteiger partial charge in [-0.15, -0.1) is 0 Å². The van der Waals surface area contributed by atoms with Gasteiger partial charge >= 0.3 is 5.97 Å². The van der Waals surface area contributed by atoms with Crippen molar-refractivity contribution in [3.05, 3.63) is 0 Å². The van der Waals surface area contributed by atoms with Crippen LogP contribution in [0.5, 0.6) is 0 Å². The van der Waals surface area contributed by atoms with Gasteiger partial charge in [-0.05, 0) is 38.0 Å². The molecule has 104 valence electrons. The lowest BCUT2D eigenvalue weighted by atomic mass is 9.78. The van der Waals surface area contributed by atoms with Gasteiger partial charge in [0.15, 0.2) is 0 Å². The van der Waals surface area contributed by atoms with Crippen LogP contribution in [0, 0.1) is 11.8 Å². The van der Waals surface area contributed by atoms with Gasteiger partial charge in [0.25, 0.3) is 0 Å². The van der Waals surface area contributed by atoms with Gasteiger partial charge in [-0.3, -0.25) is 0 Å². The Morgan fingerprint density at radius 3 is 2.67 bits per heavy atom. The van der Waals surface area contributed by atoms with Crippen LogP contribution >= 0.6 is 0 Å². The highest BCUT2D eigenvalue weighted by Crippen LogP contribution is 2.33. The fourth-order valence-electron chi connectivity index (χ4n) is 3.27. The molecule has 2 unspecified atom stereocenters. The van der Waals surface area contributed by atoms with Crippen LogP contribution < -0.4 is 0 Å². The molecule has 2 rings (SSSR count). The van der Waals surface area contributed by atoms with Gasteiger partial charge in [-0.1, -0.05) is 6.42 Å². The van der Waals surface area contributed by atoms with Gasteiger partial charge in [-0.2, -0.15) is 0 Å². The van der Waals surface area contributed by atoms with Crippen molar-refractivity contribution in [3.8, 4) is 0 Å². The number of esters is 1. The van der Waals surface area contributed by atoms with E-state index >= 15 is 0 Å². The maximum absolute atomic E-state index is 11.1. The van der Waals surface area contributed by atoms with E-state index in [0.717, 1.165) is 18.4 Å². The number of ether oxygens (including phenoxy) is 2. The molecule has 2 bridgehead atoms. The smallest absolute Gasteiger partial charge is 0.332 e. The van der Waals surface area contributed by atoms with Crippen LogP contribution in [0.1, 0.15) is 32.6 Å². The lowest BCUT2D eigenvalue weighted by Gasteiger charge is -2.41. The molecule has 1 saturated heterocycles. The number of carbonyl (C=O) groups is 1. The summed E-state index contributed by atoms with van der Waals surface area (Å²) in [6.45, 7) is 6.36. The molecule has 2 atom stereocenters. The molecule has 0 aromatic carbocycles. The van der Waals surface area contributed by atoms with Crippen LogP contribution in [-0.4, -0.2) is 50.3 Å². The molecule has 0 aromatic heterocycles. The van der Waals surface area contributed by atoms with Gasteiger partial charge in [0.2, 0.25) is 0 Å². The Bertz CT molecular complexity index is 258. The number of carbonyl (C=O) groups excluding carboxylic acids is 1. The Hall–Kier alpha value is -0.610. The fraction of sp³-hybridized carbons (Fsp3) is 0.929. The summed E-state index contributed by atoms with van der Waals surface area (Å²) in [6.07, 6.45) is 5.65. The minimum atomic E-state index is -0.256. The molecule has 1 aliphatic heterocycles. The zero-order valence-electron chi connectivity index (χ0n) is 11.4. The van der Waals surface area contributed by atoms with Gasteiger partial charge < -0.3 is 14.4 Å². The van der Waals surface area contributed by atoms with Gasteiger partial charge in [0.1, 0.15) is 6.61 Å². The molecule has 4 heteroatoms. The van der Waals surface area contributed by atoms with Crippen molar-refractivity contribution in [2.24, 2.45) is 11.8 Å². The van der Waals surface area contributed by atoms with E-state index in [2.05, 4.69) is 4.90 Å². The van der Waals surface area contributed by atoms with Crippen molar-refractivity contribution in [2.75, 3.05) is 39.5 Å². The second kappa shape index (κ2) is 7.10. The lowest BCUT2D eigenvalue weighted by molar-refractivity contribution is -0.148. The summed E-state index contributed by atoms with van der Waals surface area (Å²) in [7, 11) is 0. The van der Waals surface area contributed by atoms with Crippen molar-refractivity contribution in [2.45, 2.75) is 32.6 Å². The number of likely N-dealkylation sites (tertiary alicyclic amines) is 1. The number of fused-ring (bicyclic) bond motifs is 2. The third kappa shape index (κ3) is 4.25. The van der Waals surface area contributed by atoms with E-state index in [4.69, 9.17) is 9.47 Å². The fourth-order valence-corrected chi connectivity index (χ4v) is 3.27. The monoisotopic (exact) mass is 255 g/mol. The summed E-state index contributed by atoms with van der Waals surface area (Å²) in [6, 6.07) is 0. The molecule has 0 N–H and O–H groups in total. The summed E-state index contributed by atoms with van der Waals surface area (Å²) in [5.41, 5.74) is 0. The van der Waals surface area contributed by atoms with Crippen LogP contribution in [0.25, 0.3) is 0 Å². The summed E-state index contributed by atoms with van der Waals surface area (Å²) in [5, 5.41) is 0. The number of nitrogens with zero attached hydrogens (tertiary/aromatic N) is 1. The molecular weight excluding hydrogens is 230 g/mol. The molecule has 1 aliphatic carbocycles. The van der Waals surface area contributed by atoms with Crippen molar-refractivity contribution >= 4 is 5.97 Å². The Morgan fingerprint density at radius 2 is 2.00 bits per heavy atom. The average Bonchev–Trinajstić information content (AvgIpc) is 2.35. The lowest BCUT2D eigenvalue weighted by Crippen LogP contribution is -2.44. The Labute approximate surface area is 110 Å². The van der Waals surface area contributed by atoms with Crippen LogP contribution in [-0.2, 0) is 14.3 Å². The zero-order chi connectivity index (χ0) is 12.8. The van der Waals surface area contributed by atoms with Gasteiger partial charge in [0.05, 0.1) is 13.2 Å². The summed E-state index contributed by atoms with van der Waals surface area (Å²) >= 11 is 0. The van der Waals surface area contributed by atoms with E-state index in [1.807, 2.05) is 6.92 Å². The Balaban J connectivity index is 1.58. The highest BCUT2D eigenvalue weighted by Gasteiger charge is 2.29. The minimum Gasteiger partial charge on any atom is -0.464 e. The van der Waals surface area contributed by atoms with Crippen LogP contribution in [0.4, 0.5) is 0 Å². The SMILES string of the molecule is CCOC(=O)COCCN1CC2CCCC(C2)C1. The Kier molecular flexibility index (Phi) is 5.45. The van der Waals surface area contributed by atoms with E-state index < -0.39 is 0 Å². The molecule has 4 nitrogen and oxygen atoms in total. The minimum absolute atomic E-state index is 0.0918. The summed E-state index contributed by atoms with van der Waals surface area (Å²) < 4.78 is 10.2. The second-order valence-electron chi connectivity index (χ2n) is 5.52. The quantitative estimate of drug-likeness (QED) is 0.535. The van der Waals surface area contributed by atoms with Crippen molar-refractivity contribution in [1.29, 1.82) is 0 Å². The normalized spacial score (nSPS) is 28.1. The number of rotatable bonds is 6. The molecule has 18 heavy (non-hydrogen) atoms. The Morgan fingerprint density at radius 1 is 1.28 bits per heavy atom. The van der Waals surface area contributed by atoms with Gasteiger partial charge in [-0.25, -0.2) is 4.79 Å². The molecule has 0 spiro atoms. The zero-order valence-corrected chi connectivity index (χ0v) is 11.4. The third-order valence-electron chi connectivity index (χ3n) is 4.00. The average molecular weight is 255 g/mol. The largest absolute Gasteiger partial charge is 0.464 e. The highest BCUT2D eigenvalue weighted by atomic mass is 16.6. The molecule has 2 fully saturated rings. The topological polar surface area (TPSA) is 38.8 Å². The maximum Gasteiger partial charge on any atom is 0.332 e. The first kappa shape index (κ1) is 13.8. The summed E-state index contributed by atoms with van der Waals surface area (Å²) in [5.74, 6) is 1.55. The van der Waals surface area contributed by atoms with Gasteiger partial charge in [0, 0.05) is 19.6 Å². The molecule has 0 amide bonds. The van der Waals surface area contributed by atoms with Crippen LogP contribution in [0.3, 0.4) is 0 Å². The van der Waals surface area contributed by atoms with E-state index in [0.29, 0.717) is 13.2 Å². The number of hydrogen-bond acceptors (Lipinski definition) is 4. The first-order valence-electron chi connectivity index (χ1n) is 7.23. The molecule has 0 aromatic rings. The van der Waals surface area contributed by atoms with Crippen LogP contribution in [0.15, 0.2) is 0 Å². The highest BCUT2D eigenvalue weighted by molar-refractivity contribution is 5.70. The maximum atomic E-state index is 11.1. The summed E-state index contributed by atoms with van der Waals surface area (Å²) in [4.78, 5) is 13.6. The third-order valence-corrected chi connectivity index (χ3v) is 4.00. The molecule has 1 heterocycles. The number of piperidine rings is 1. The number of hydrogen-bond donors (Lipinski definition) is 0. The molecule has 1 saturated carbocycles. The van der Waals surface area contributed by atoms with Crippen LogP contribution in [0.2, 0.25) is 0 Å². The first-order chi connectivity index (χ1) is 8.78. The van der Waals surface area contributed by atoms with Crippen molar-refractivity contribution in [1.82, 2.24) is 4.90 Å². The molecule has 0 radical (unpaired) electrons. The van der Waals surface area contributed by atoms with E-state index in [-0.39, 0.29) is 12.6 Å². The van der Waals surface area contributed by atoms with E-state index in [1.54, 1.807) is 0 Å². The predicted octanol–water partition coefficient (Wildman–Crippen LogP) is 1.69. The van der Waals surface area contributed by atoms with E-state index in [1.165, 1.54) is 38.8 Å². The van der Waals surface area contributed by atoms with Crippen molar-refractivity contribution in [3.63, 3.8) is 0 Å². The standard InChI is InChI=1S/C14H25NO3/c1-2-18-14(16)11-17-7-6-15-9-12-4-3-5-13(8-12)10-15/h12-13H,2-11H2,1H3. The second-order valence-corrected chi connectivity index (χ2v) is 5.52. The van der Waals surface area contributed by atoms with E-state index in [9.17, 15) is 4.79 Å². The van der Waals surface area contributed by atoms with Crippen molar-refractivity contribution < 1.29 is 14.3 Å². The predicted molar refractivity (Wildman–Crippen MR) is 69.3 cm³/mol. The molecule has 2 aliphatic rings. The molecular formula is C14H25NO3.